The van der Waals surface area contributed by atoms with E-state index in [1.807, 2.05) is 0 Å². The molecule has 0 bridgehead atoms. The van der Waals surface area contributed by atoms with E-state index in [-0.39, 0.29) is 12.1 Å². The van der Waals surface area contributed by atoms with Gasteiger partial charge in [0.25, 0.3) is 0 Å². The Balaban J connectivity index is 1.78. The number of nitrogens with two attached hydrogens (primary N) is 1. The summed E-state index contributed by atoms with van der Waals surface area (Å²) in [7, 11) is 1.73. The first kappa shape index (κ1) is 13.2. The second kappa shape index (κ2) is 6.66. The lowest BCUT2D eigenvalue weighted by Gasteiger charge is -2.38. The van der Waals surface area contributed by atoms with Gasteiger partial charge in [-0.25, -0.2) is 0 Å². The highest BCUT2D eigenvalue weighted by molar-refractivity contribution is 4.89. The number of morpholine rings is 1. The van der Waals surface area contributed by atoms with Crippen molar-refractivity contribution in [2.24, 2.45) is 5.84 Å². The van der Waals surface area contributed by atoms with Gasteiger partial charge in [-0.3, -0.25) is 16.2 Å². The molecule has 2 heterocycles. The Morgan fingerprint density at radius 3 is 3.24 bits per heavy atom. The van der Waals surface area contributed by atoms with E-state index < -0.39 is 0 Å². The molecular weight excluding hydrogens is 218 g/mol. The lowest BCUT2D eigenvalue weighted by Crippen LogP contribution is -2.55. The van der Waals surface area contributed by atoms with Crippen molar-refractivity contribution in [2.75, 3.05) is 33.4 Å². The third-order valence-corrected chi connectivity index (χ3v) is 3.94. The quantitative estimate of drug-likeness (QED) is 0.394. The van der Waals surface area contributed by atoms with Gasteiger partial charge >= 0.3 is 0 Å². The van der Waals surface area contributed by atoms with Crippen LogP contribution >= 0.6 is 0 Å². The van der Waals surface area contributed by atoms with Crippen LogP contribution in [0.2, 0.25) is 0 Å². The molecule has 0 spiro atoms. The largest absolute Gasteiger partial charge is 0.385 e. The third kappa shape index (κ3) is 3.39. The van der Waals surface area contributed by atoms with Crippen molar-refractivity contribution in [2.45, 2.75) is 43.9 Å². The first-order valence-electron chi connectivity index (χ1n) is 6.66. The topological polar surface area (TPSA) is 59.8 Å². The van der Waals surface area contributed by atoms with E-state index in [2.05, 4.69) is 10.3 Å². The highest BCUT2D eigenvalue weighted by Crippen LogP contribution is 2.24. The summed E-state index contributed by atoms with van der Waals surface area (Å²) in [5.41, 5.74) is 2.90. The summed E-state index contributed by atoms with van der Waals surface area (Å²) in [6, 6.07) is 0.898. The average molecular weight is 243 g/mol. The predicted molar refractivity (Wildman–Crippen MR) is 66.6 cm³/mol. The Bertz CT molecular complexity index is 228. The second-order valence-corrected chi connectivity index (χ2v) is 5.07. The van der Waals surface area contributed by atoms with Gasteiger partial charge in [0.1, 0.15) is 0 Å². The van der Waals surface area contributed by atoms with Gasteiger partial charge in [0.15, 0.2) is 0 Å². The summed E-state index contributed by atoms with van der Waals surface area (Å²) in [5.74, 6) is 5.63. The molecular formula is C12H25N3O2. The number of rotatable bonds is 6. The molecule has 5 heteroatoms. The van der Waals surface area contributed by atoms with Gasteiger partial charge in [-0.1, -0.05) is 0 Å². The maximum absolute atomic E-state index is 5.95. The summed E-state index contributed by atoms with van der Waals surface area (Å²) in [4.78, 5) is 2.55. The van der Waals surface area contributed by atoms with Crippen molar-refractivity contribution < 1.29 is 9.47 Å². The number of hydrogen-bond acceptors (Lipinski definition) is 5. The van der Waals surface area contributed by atoms with Gasteiger partial charge in [-0.15, -0.1) is 0 Å². The number of hydrazine groups is 1. The van der Waals surface area contributed by atoms with E-state index in [1.54, 1.807) is 7.11 Å². The van der Waals surface area contributed by atoms with Crippen LogP contribution in [0.4, 0.5) is 0 Å². The van der Waals surface area contributed by atoms with E-state index in [0.717, 1.165) is 32.6 Å². The zero-order valence-electron chi connectivity index (χ0n) is 10.7. The fourth-order valence-electron chi connectivity index (χ4n) is 2.91. The first-order chi connectivity index (χ1) is 8.35. The van der Waals surface area contributed by atoms with Crippen LogP contribution in [-0.4, -0.2) is 56.5 Å². The standard InChI is InChI=1S/C12H25N3O2/c1-16-7-3-5-11(14-13)12-8-15-6-2-4-10(15)9-17-12/h10-12,14H,2-9,13H2,1H3. The van der Waals surface area contributed by atoms with Crippen LogP contribution in [0.25, 0.3) is 0 Å². The molecule has 0 aromatic heterocycles. The molecule has 2 rings (SSSR count). The molecule has 100 valence electrons. The van der Waals surface area contributed by atoms with Crippen LogP contribution in [0.3, 0.4) is 0 Å². The minimum absolute atomic E-state index is 0.228. The summed E-state index contributed by atoms with van der Waals surface area (Å²) in [5, 5.41) is 0. The van der Waals surface area contributed by atoms with Gasteiger partial charge in [-0.2, -0.15) is 0 Å². The van der Waals surface area contributed by atoms with E-state index >= 15 is 0 Å². The smallest absolute Gasteiger partial charge is 0.0868 e. The number of methoxy groups -OCH3 is 1. The molecule has 3 N–H and O–H groups in total. The number of nitrogens with zero attached hydrogens (tertiary/aromatic N) is 1. The third-order valence-electron chi connectivity index (χ3n) is 3.94. The molecule has 3 unspecified atom stereocenters. The molecule has 0 aromatic rings. The Hall–Kier alpha value is -0.200. The van der Waals surface area contributed by atoms with Crippen molar-refractivity contribution in [3.05, 3.63) is 0 Å². The Morgan fingerprint density at radius 1 is 1.59 bits per heavy atom. The van der Waals surface area contributed by atoms with Gasteiger partial charge in [0, 0.05) is 32.3 Å². The molecule has 5 nitrogen and oxygen atoms in total. The Kier molecular flexibility index (Phi) is 5.18. The second-order valence-electron chi connectivity index (χ2n) is 5.07. The summed E-state index contributed by atoms with van der Waals surface area (Å²) in [6.45, 7) is 3.90. The normalized spacial score (nSPS) is 31.4. The SMILES string of the molecule is COCCCC(NN)C1CN2CCCC2CO1. The molecule has 0 aromatic carbocycles. The lowest BCUT2D eigenvalue weighted by atomic mass is 10.0. The van der Waals surface area contributed by atoms with E-state index in [9.17, 15) is 0 Å². The average Bonchev–Trinajstić information content (AvgIpc) is 2.82. The van der Waals surface area contributed by atoms with Crippen molar-refractivity contribution in [1.82, 2.24) is 10.3 Å². The number of fused-ring (bicyclic) bond motifs is 1. The maximum atomic E-state index is 5.95. The van der Waals surface area contributed by atoms with Crippen LogP contribution in [0, 0.1) is 0 Å². The molecule has 0 aliphatic carbocycles. The number of nitrogens with one attached hydrogen (secondary N) is 1. The minimum atomic E-state index is 0.228. The fraction of sp³-hybridized carbons (Fsp3) is 1.00. The summed E-state index contributed by atoms with van der Waals surface area (Å²) >= 11 is 0. The fourth-order valence-corrected chi connectivity index (χ4v) is 2.91. The molecule has 17 heavy (non-hydrogen) atoms. The monoisotopic (exact) mass is 243 g/mol. The predicted octanol–water partition coefficient (Wildman–Crippen LogP) is 0.108. The van der Waals surface area contributed by atoms with Gasteiger partial charge in [0.05, 0.1) is 12.7 Å². The Morgan fingerprint density at radius 2 is 2.47 bits per heavy atom. The summed E-state index contributed by atoms with van der Waals surface area (Å²) < 4.78 is 11.0. The molecule has 3 atom stereocenters. The molecule has 2 saturated heterocycles. The molecule has 0 radical (unpaired) electrons. The minimum Gasteiger partial charge on any atom is -0.385 e. The van der Waals surface area contributed by atoms with Crippen LogP contribution < -0.4 is 11.3 Å². The van der Waals surface area contributed by atoms with Crippen molar-refractivity contribution in [3.63, 3.8) is 0 Å². The zero-order valence-corrected chi connectivity index (χ0v) is 10.7. The molecule has 0 saturated carbocycles. The van der Waals surface area contributed by atoms with E-state index in [4.69, 9.17) is 15.3 Å². The van der Waals surface area contributed by atoms with Crippen LogP contribution in [0.15, 0.2) is 0 Å². The lowest BCUT2D eigenvalue weighted by molar-refractivity contribution is -0.0663. The van der Waals surface area contributed by atoms with E-state index in [1.165, 1.54) is 19.4 Å². The molecule has 2 aliphatic heterocycles. The van der Waals surface area contributed by atoms with Crippen LogP contribution in [0.5, 0.6) is 0 Å². The van der Waals surface area contributed by atoms with Gasteiger partial charge < -0.3 is 9.47 Å². The molecule has 2 aliphatic rings. The van der Waals surface area contributed by atoms with Crippen molar-refractivity contribution in [1.29, 1.82) is 0 Å². The summed E-state index contributed by atoms with van der Waals surface area (Å²) in [6.07, 6.45) is 4.86. The molecule has 0 amide bonds. The maximum Gasteiger partial charge on any atom is 0.0868 e. The zero-order chi connectivity index (χ0) is 12.1. The highest BCUT2D eigenvalue weighted by atomic mass is 16.5. The van der Waals surface area contributed by atoms with Gasteiger partial charge in [0.2, 0.25) is 0 Å². The van der Waals surface area contributed by atoms with Crippen LogP contribution in [0.1, 0.15) is 25.7 Å². The number of hydrogen-bond donors (Lipinski definition) is 2. The first-order valence-corrected chi connectivity index (χ1v) is 6.66. The Labute approximate surface area is 104 Å². The van der Waals surface area contributed by atoms with Crippen LogP contribution in [-0.2, 0) is 9.47 Å². The van der Waals surface area contributed by atoms with E-state index in [0.29, 0.717) is 6.04 Å². The van der Waals surface area contributed by atoms with Crippen molar-refractivity contribution >= 4 is 0 Å². The number of ether oxygens (including phenoxy) is 2. The highest BCUT2D eigenvalue weighted by Gasteiger charge is 2.35. The molecule has 2 fully saturated rings. The van der Waals surface area contributed by atoms with Crippen molar-refractivity contribution in [3.8, 4) is 0 Å². The van der Waals surface area contributed by atoms with Gasteiger partial charge in [-0.05, 0) is 32.2 Å².